The van der Waals surface area contributed by atoms with Crippen LogP contribution in [0.1, 0.15) is 22.7 Å². The minimum Gasteiger partial charge on any atom is -0.497 e. The van der Waals surface area contributed by atoms with E-state index in [1.807, 2.05) is 6.07 Å². The molecule has 0 fully saturated rings. The third-order valence-corrected chi connectivity index (χ3v) is 5.68. The molecule has 1 aliphatic heterocycles. The van der Waals surface area contributed by atoms with E-state index >= 15 is 0 Å². The Labute approximate surface area is 168 Å². The fourth-order valence-corrected chi connectivity index (χ4v) is 4.07. The number of ether oxygens (including phenoxy) is 2. The molecule has 0 radical (unpaired) electrons. The molecule has 0 amide bonds. The number of fused-ring (bicyclic) bond motifs is 1. The number of hydrogen-bond donors (Lipinski definition) is 0. The highest BCUT2D eigenvalue weighted by Crippen LogP contribution is 2.40. The zero-order chi connectivity index (χ0) is 18.8. The topological polar surface area (TPSA) is 21.7 Å². The lowest BCUT2D eigenvalue weighted by Gasteiger charge is -2.39. The van der Waals surface area contributed by atoms with Crippen LogP contribution in [0.2, 0.25) is 0 Å². The van der Waals surface area contributed by atoms with Gasteiger partial charge in [-0.15, -0.1) is 0 Å². The highest BCUT2D eigenvalue weighted by Gasteiger charge is 2.29. The average molecular weight is 424 g/mol. The molecule has 3 aromatic rings. The summed E-state index contributed by atoms with van der Waals surface area (Å²) in [6.07, 6.45) is 0.983. The molecule has 1 atom stereocenters. The van der Waals surface area contributed by atoms with Gasteiger partial charge in [-0.3, -0.25) is 0 Å². The van der Waals surface area contributed by atoms with E-state index < -0.39 is 0 Å². The smallest absolute Gasteiger partial charge is 0.120 e. The SMILES string of the molecule is COc1cccc(N2CCc3cc(OC)ccc3C2c2ccc(Br)cc2)c1. The van der Waals surface area contributed by atoms with Crippen LogP contribution >= 0.6 is 15.9 Å². The van der Waals surface area contributed by atoms with Crippen molar-refractivity contribution >= 4 is 21.6 Å². The number of anilines is 1. The highest BCUT2D eigenvalue weighted by molar-refractivity contribution is 9.10. The molecule has 0 spiro atoms. The standard InChI is InChI=1S/C23H22BrNO2/c1-26-20-5-3-4-19(15-20)25-13-12-17-14-21(27-2)10-11-22(17)23(25)16-6-8-18(24)9-7-16/h3-11,14-15,23H,12-13H2,1-2H3. The lowest BCUT2D eigenvalue weighted by molar-refractivity contribution is 0.413. The molecule has 27 heavy (non-hydrogen) atoms. The summed E-state index contributed by atoms with van der Waals surface area (Å²) in [6.45, 7) is 0.939. The second-order valence-corrected chi connectivity index (χ2v) is 7.58. The van der Waals surface area contributed by atoms with Crippen LogP contribution < -0.4 is 14.4 Å². The van der Waals surface area contributed by atoms with Gasteiger partial charge in [0.15, 0.2) is 0 Å². The van der Waals surface area contributed by atoms with E-state index in [0.29, 0.717) is 0 Å². The van der Waals surface area contributed by atoms with Gasteiger partial charge in [-0.2, -0.15) is 0 Å². The van der Waals surface area contributed by atoms with Gasteiger partial charge in [0.2, 0.25) is 0 Å². The Bertz CT molecular complexity index is 939. The highest BCUT2D eigenvalue weighted by atomic mass is 79.9. The fourth-order valence-electron chi connectivity index (χ4n) is 3.80. The Morgan fingerprint density at radius 2 is 1.63 bits per heavy atom. The van der Waals surface area contributed by atoms with Crippen molar-refractivity contribution < 1.29 is 9.47 Å². The van der Waals surface area contributed by atoms with Gasteiger partial charge < -0.3 is 14.4 Å². The van der Waals surface area contributed by atoms with Gasteiger partial charge in [0.25, 0.3) is 0 Å². The lowest BCUT2D eigenvalue weighted by atomic mass is 9.87. The van der Waals surface area contributed by atoms with Crippen LogP contribution in [0.4, 0.5) is 5.69 Å². The fraction of sp³-hybridized carbons (Fsp3) is 0.217. The largest absolute Gasteiger partial charge is 0.497 e. The van der Waals surface area contributed by atoms with Gasteiger partial charge >= 0.3 is 0 Å². The number of methoxy groups -OCH3 is 2. The van der Waals surface area contributed by atoms with E-state index in [0.717, 1.165) is 28.9 Å². The molecule has 0 saturated carbocycles. The summed E-state index contributed by atoms with van der Waals surface area (Å²) in [5, 5.41) is 0. The van der Waals surface area contributed by atoms with Crippen molar-refractivity contribution in [1.29, 1.82) is 0 Å². The molecule has 3 aromatic carbocycles. The number of nitrogens with zero attached hydrogens (tertiary/aromatic N) is 1. The van der Waals surface area contributed by atoms with Crippen LogP contribution in [0.3, 0.4) is 0 Å². The van der Waals surface area contributed by atoms with Crippen molar-refractivity contribution in [3.05, 3.63) is 87.9 Å². The Morgan fingerprint density at radius 1 is 0.889 bits per heavy atom. The van der Waals surface area contributed by atoms with Gasteiger partial charge in [0.1, 0.15) is 11.5 Å². The molecule has 0 bridgehead atoms. The third kappa shape index (κ3) is 3.54. The predicted molar refractivity (Wildman–Crippen MR) is 113 cm³/mol. The minimum atomic E-state index is 0.153. The Morgan fingerprint density at radius 3 is 2.37 bits per heavy atom. The Balaban J connectivity index is 1.83. The summed E-state index contributed by atoms with van der Waals surface area (Å²) in [6, 6.07) is 23.5. The Kier molecular flexibility index (Phi) is 5.08. The number of benzene rings is 3. The molecule has 4 rings (SSSR count). The maximum absolute atomic E-state index is 5.45. The van der Waals surface area contributed by atoms with Crippen LogP contribution in [0.25, 0.3) is 0 Å². The van der Waals surface area contributed by atoms with E-state index in [2.05, 4.69) is 81.5 Å². The molecular weight excluding hydrogens is 402 g/mol. The summed E-state index contributed by atoms with van der Waals surface area (Å²) in [5.41, 5.74) is 5.12. The third-order valence-electron chi connectivity index (χ3n) is 5.15. The molecule has 0 saturated heterocycles. The first kappa shape index (κ1) is 17.9. The second-order valence-electron chi connectivity index (χ2n) is 6.66. The molecule has 0 aromatic heterocycles. The molecule has 1 aliphatic rings. The minimum absolute atomic E-state index is 0.153. The molecule has 1 heterocycles. The summed E-state index contributed by atoms with van der Waals surface area (Å²) < 4.78 is 12.0. The first-order valence-corrected chi connectivity index (χ1v) is 9.82. The molecule has 0 aliphatic carbocycles. The molecule has 0 N–H and O–H groups in total. The molecular formula is C23H22BrNO2. The number of halogens is 1. The average Bonchev–Trinajstić information content (AvgIpc) is 2.73. The van der Waals surface area contributed by atoms with Gasteiger partial charge in [-0.1, -0.05) is 40.2 Å². The van der Waals surface area contributed by atoms with Crippen LogP contribution in [0.15, 0.2) is 71.2 Å². The maximum atomic E-state index is 5.45. The summed E-state index contributed by atoms with van der Waals surface area (Å²) in [7, 11) is 3.43. The lowest BCUT2D eigenvalue weighted by Crippen LogP contribution is -2.36. The molecule has 1 unspecified atom stereocenters. The van der Waals surface area contributed by atoms with Crippen molar-refractivity contribution in [1.82, 2.24) is 0 Å². The summed E-state index contributed by atoms with van der Waals surface area (Å²) >= 11 is 3.55. The van der Waals surface area contributed by atoms with Crippen molar-refractivity contribution in [2.24, 2.45) is 0 Å². The second kappa shape index (κ2) is 7.65. The van der Waals surface area contributed by atoms with Gasteiger partial charge in [-0.05, 0) is 59.5 Å². The normalized spacial score (nSPS) is 16.0. The van der Waals surface area contributed by atoms with Crippen LogP contribution in [0, 0.1) is 0 Å². The summed E-state index contributed by atoms with van der Waals surface area (Å²) in [4.78, 5) is 2.46. The maximum Gasteiger partial charge on any atom is 0.120 e. The van der Waals surface area contributed by atoms with Crippen molar-refractivity contribution in [3.63, 3.8) is 0 Å². The molecule has 3 nitrogen and oxygen atoms in total. The van der Waals surface area contributed by atoms with Crippen LogP contribution in [-0.4, -0.2) is 20.8 Å². The van der Waals surface area contributed by atoms with E-state index in [1.54, 1.807) is 14.2 Å². The summed E-state index contributed by atoms with van der Waals surface area (Å²) in [5.74, 6) is 1.79. The number of rotatable bonds is 4. The van der Waals surface area contributed by atoms with E-state index in [-0.39, 0.29) is 6.04 Å². The monoisotopic (exact) mass is 423 g/mol. The zero-order valence-electron chi connectivity index (χ0n) is 15.5. The molecule has 138 valence electrons. The molecule has 4 heteroatoms. The predicted octanol–water partition coefficient (Wildman–Crippen LogP) is 5.62. The van der Waals surface area contributed by atoms with Crippen molar-refractivity contribution in [2.45, 2.75) is 12.5 Å². The van der Waals surface area contributed by atoms with E-state index in [4.69, 9.17) is 9.47 Å². The van der Waals surface area contributed by atoms with Crippen molar-refractivity contribution in [2.75, 3.05) is 25.7 Å². The number of hydrogen-bond acceptors (Lipinski definition) is 3. The van der Waals surface area contributed by atoms with E-state index in [1.165, 1.54) is 22.4 Å². The van der Waals surface area contributed by atoms with Crippen molar-refractivity contribution in [3.8, 4) is 11.5 Å². The zero-order valence-corrected chi connectivity index (χ0v) is 17.1. The van der Waals surface area contributed by atoms with Gasteiger partial charge in [0.05, 0.1) is 20.3 Å². The van der Waals surface area contributed by atoms with Gasteiger partial charge in [0, 0.05) is 22.8 Å². The first-order chi connectivity index (χ1) is 13.2. The van der Waals surface area contributed by atoms with Gasteiger partial charge in [-0.25, -0.2) is 0 Å². The first-order valence-electron chi connectivity index (χ1n) is 9.02. The Hall–Kier alpha value is -2.46. The van der Waals surface area contributed by atoms with Crippen LogP contribution in [0.5, 0.6) is 11.5 Å². The quantitative estimate of drug-likeness (QED) is 0.543. The van der Waals surface area contributed by atoms with E-state index in [9.17, 15) is 0 Å². The van der Waals surface area contributed by atoms with Crippen LogP contribution in [-0.2, 0) is 6.42 Å².